The van der Waals surface area contributed by atoms with Gasteiger partial charge in [0.15, 0.2) is 0 Å². The fraction of sp³-hybridized carbons (Fsp3) is 0.200. The van der Waals surface area contributed by atoms with Crippen LogP contribution in [0.15, 0.2) is 73.1 Å². The summed E-state index contributed by atoms with van der Waals surface area (Å²) < 4.78 is 54.8. The molecule has 7 nitrogen and oxygen atoms in total. The SMILES string of the molecule is CC(C)(O)c1cc(F)nc2c(-c3ccccn3)c(-c3ccnc(NC(=O)[C@H](CC(F)F)c4ccc(F)cc4)c3)[nH]c12. The molecule has 0 aliphatic carbocycles. The number of H-pyrrole nitrogens is 1. The quantitative estimate of drug-likeness (QED) is 0.146. The highest BCUT2D eigenvalue weighted by molar-refractivity contribution is 6.02. The summed E-state index contributed by atoms with van der Waals surface area (Å²) in [5.74, 6) is -3.26. The Hall–Kier alpha value is -4.64. The van der Waals surface area contributed by atoms with Crippen molar-refractivity contribution in [1.29, 1.82) is 0 Å². The van der Waals surface area contributed by atoms with Crippen LogP contribution in [-0.4, -0.2) is 37.4 Å². The zero-order valence-corrected chi connectivity index (χ0v) is 22.0. The van der Waals surface area contributed by atoms with E-state index < -0.39 is 42.0 Å². The van der Waals surface area contributed by atoms with E-state index in [0.29, 0.717) is 28.0 Å². The second-order valence-corrected chi connectivity index (χ2v) is 10.0. The average molecular weight is 564 g/mol. The van der Waals surface area contributed by atoms with Gasteiger partial charge < -0.3 is 15.4 Å². The van der Waals surface area contributed by atoms with Crippen molar-refractivity contribution in [2.24, 2.45) is 0 Å². The van der Waals surface area contributed by atoms with Crippen LogP contribution in [0.1, 0.15) is 37.3 Å². The molecular formula is C30H25F4N5O2. The zero-order valence-electron chi connectivity index (χ0n) is 22.0. The molecule has 0 spiro atoms. The number of hydrogen-bond acceptors (Lipinski definition) is 5. The highest BCUT2D eigenvalue weighted by Crippen LogP contribution is 2.40. The molecule has 11 heteroatoms. The summed E-state index contributed by atoms with van der Waals surface area (Å²) in [5, 5.41) is 13.3. The molecule has 0 fully saturated rings. The van der Waals surface area contributed by atoms with Gasteiger partial charge in [-0.25, -0.2) is 23.1 Å². The van der Waals surface area contributed by atoms with Gasteiger partial charge in [-0.3, -0.25) is 9.78 Å². The van der Waals surface area contributed by atoms with Crippen LogP contribution in [-0.2, 0) is 10.4 Å². The van der Waals surface area contributed by atoms with Crippen LogP contribution >= 0.6 is 0 Å². The number of benzene rings is 1. The monoisotopic (exact) mass is 563 g/mol. The fourth-order valence-electron chi connectivity index (χ4n) is 4.72. The Kier molecular flexibility index (Phi) is 7.55. The van der Waals surface area contributed by atoms with Crippen molar-refractivity contribution in [2.45, 2.75) is 38.2 Å². The maximum Gasteiger partial charge on any atom is 0.239 e. The predicted octanol–water partition coefficient (Wildman–Crippen LogP) is 6.57. The number of halogens is 4. The number of carbonyl (C=O) groups is 1. The van der Waals surface area contributed by atoms with Crippen LogP contribution in [0.3, 0.4) is 0 Å². The van der Waals surface area contributed by atoms with Gasteiger partial charge in [0.2, 0.25) is 18.3 Å². The van der Waals surface area contributed by atoms with Crippen molar-refractivity contribution < 1.29 is 27.5 Å². The smallest absolute Gasteiger partial charge is 0.239 e. The van der Waals surface area contributed by atoms with Crippen LogP contribution < -0.4 is 5.32 Å². The number of pyridine rings is 3. The highest BCUT2D eigenvalue weighted by Gasteiger charge is 2.28. The van der Waals surface area contributed by atoms with Gasteiger partial charge in [-0.05, 0) is 55.8 Å². The standard InChI is InChI=1S/C30H25F4N5O2/c1-30(2,41)20-15-23(34)37-28-25(21-5-3-4-11-35-21)26(39-27(20)28)17-10-12-36-24(13-17)38-29(40)19(14-22(32)33)16-6-8-18(31)9-7-16/h3-13,15,19,22,39,41H,14H2,1-2H3,(H,36,38,40)/t19-/m1/s1. The summed E-state index contributed by atoms with van der Waals surface area (Å²) in [6.07, 6.45) is -0.547. The molecule has 0 saturated heterocycles. The minimum absolute atomic E-state index is 0.0707. The second kappa shape index (κ2) is 11.1. The lowest BCUT2D eigenvalue weighted by Crippen LogP contribution is -2.23. The number of carbonyl (C=O) groups excluding carboxylic acids is 1. The number of anilines is 1. The molecule has 0 aliphatic heterocycles. The van der Waals surface area contributed by atoms with Crippen LogP contribution in [0.4, 0.5) is 23.4 Å². The number of amides is 1. The highest BCUT2D eigenvalue weighted by atomic mass is 19.3. The van der Waals surface area contributed by atoms with E-state index in [-0.39, 0.29) is 22.5 Å². The van der Waals surface area contributed by atoms with Gasteiger partial charge in [-0.1, -0.05) is 18.2 Å². The van der Waals surface area contributed by atoms with Gasteiger partial charge in [0.05, 0.1) is 34.0 Å². The summed E-state index contributed by atoms with van der Waals surface area (Å²) >= 11 is 0. The van der Waals surface area contributed by atoms with Crippen LogP contribution in [0.5, 0.6) is 0 Å². The van der Waals surface area contributed by atoms with Gasteiger partial charge >= 0.3 is 0 Å². The summed E-state index contributed by atoms with van der Waals surface area (Å²) in [4.78, 5) is 29.1. The third-order valence-corrected chi connectivity index (χ3v) is 6.61. The van der Waals surface area contributed by atoms with Crippen molar-refractivity contribution >= 4 is 22.8 Å². The zero-order chi connectivity index (χ0) is 29.3. The molecule has 5 aromatic rings. The predicted molar refractivity (Wildman–Crippen MR) is 146 cm³/mol. The number of nitrogens with zero attached hydrogens (tertiary/aromatic N) is 3. The van der Waals surface area contributed by atoms with E-state index in [9.17, 15) is 27.5 Å². The molecule has 0 bridgehead atoms. The molecule has 1 atom stereocenters. The first kappa shape index (κ1) is 27.9. The van der Waals surface area contributed by atoms with E-state index in [1.807, 2.05) is 0 Å². The van der Waals surface area contributed by atoms with Crippen molar-refractivity contribution in [3.05, 3.63) is 95.9 Å². The summed E-state index contributed by atoms with van der Waals surface area (Å²) in [5.41, 5.74) is 1.63. The van der Waals surface area contributed by atoms with E-state index in [4.69, 9.17) is 0 Å². The lowest BCUT2D eigenvalue weighted by molar-refractivity contribution is -0.118. The van der Waals surface area contributed by atoms with E-state index in [0.717, 1.165) is 18.2 Å². The first-order valence-electron chi connectivity index (χ1n) is 12.7. The number of alkyl halides is 2. The maximum absolute atomic E-state index is 14.7. The molecule has 1 amide bonds. The average Bonchev–Trinajstić information content (AvgIpc) is 3.31. The van der Waals surface area contributed by atoms with E-state index in [2.05, 4.69) is 25.3 Å². The minimum atomic E-state index is -2.78. The van der Waals surface area contributed by atoms with Crippen molar-refractivity contribution in [1.82, 2.24) is 19.9 Å². The van der Waals surface area contributed by atoms with Crippen LogP contribution in [0, 0.1) is 11.8 Å². The van der Waals surface area contributed by atoms with E-state index in [1.165, 1.54) is 38.2 Å². The maximum atomic E-state index is 14.7. The summed E-state index contributed by atoms with van der Waals surface area (Å²) in [6.45, 7) is 3.05. The number of nitrogens with one attached hydrogen (secondary N) is 2. The molecule has 5 rings (SSSR count). The van der Waals surface area contributed by atoms with Crippen LogP contribution in [0.25, 0.3) is 33.5 Å². The second-order valence-electron chi connectivity index (χ2n) is 10.0. The molecule has 0 saturated carbocycles. The lowest BCUT2D eigenvalue weighted by atomic mass is 9.95. The molecule has 0 radical (unpaired) electrons. The van der Waals surface area contributed by atoms with Gasteiger partial charge in [0, 0.05) is 36.0 Å². The third-order valence-electron chi connectivity index (χ3n) is 6.61. The lowest BCUT2D eigenvalue weighted by Gasteiger charge is -2.18. The number of aromatic nitrogens is 4. The van der Waals surface area contributed by atoms with Gasteiger partial charge in [0.25, 0.3) is 0 Å². The Balaban J connectivity index is 1.59. The molecule has 4 heterocycles. The Morgan fingerprint density at radius 3 is 2.44 bits per heavy atom. The fourth-order valence-corrected chi connectivity index (χ4v) is 4.72. The molecular weight excluding hydrogens is 538 g/mol. The van der Waals surface area contributed by atoms with Crippen molar-refractivity contribution in [3.63, 3.8) is 0 Å². The van der Waals surface area contributed by atoms with E-state index in [1.54, 1.807) is 30.5 Å². The minimum Gasteiger partial charge on any atom is -0.386 e. The topological polar surface area (TPSA) is 104 Å². The van der Waals surface area contributed by atoms with Crippen molar-refractivity contribution in [2.75, 3.05) is 5.32 Å². The third kappa shape index (κ3) is 5.94. The Labute approximate surface area is 232 Å². The molecule has 4 aromatic heterocycles. The molecule has 0 unspecified atom stereocenters. The number of fused-ring (bicyclic) bond motifs is 1. The van der Waals surface area contributed by atoms with Gasteiger partial charge in [0.1, 0.15) is 17.2 Å². The molecule has 0 aliphatic rings. The normalized spacial score (nSPS) is 12.6. The Bertz CT molecular complexity index is 1700. The molecule has 210 valence electrons. The van der Waals surface area contributed by atoms with Crippen LogP contribution in [0.2, 0.25) is 0 Å². The number of aromatic amines is 1. The number of rotatable bonds is 8. The van der Waals surface area contributed by atoms with Crippen molar-refractivity contribution in [3.8, 4) is 22.5 Å². The van der Waals surface area contributed by atoms with Gasteiger partial charge in [-0.15, -0.1) is 0 Å². The Morgan fingerprint density at radius 1 is 1.02 bits per heavy atom. The molecule has 41 heavy (non-hydrogen) atoms. The summed E-state index contributed by atoms with van der Waals surface area (Å²) in [6, 6.07) is 14.3. The first-order valence-corrected chi connectivity index (χ1v) is 12.7. The van der Waals surface area contributed by atoms with Gasteiger partial charge in [-0.2, -0.15) is 4.39 Å². The summed E-state index contributed by atoms with van der Waals surface area (Å²) in [7, 11) is 0. The number of aliphatic hydroxyl groups is 1. The largest absolute Gasteiger partial charge is 0.386 e. The molecule has 1 aromatic carbocycles. The Morgan fingerprint density at radius 2 is 1.78 bits per heavy atom. The first-order chi connectivity index (χ1) is 19.5. The molecule has 3 N–H and O–H groups in total. The number of hydrogen-bond donors (Lipinski definition) is 3. The van der Waals surface area contributed by atoms with E-state index >= 15 is 0 Å².